The summed E-state index contributed by atoms with van der Waals surface area (Å²) in [5.41, 5.74) is 2.88. The van der Waals surface area contributed by atoms with Crippen LogP contribution < -0.4 is 14.8 Å². The Hall–Kier alpha value is -2.50. The van der Waals surface area contributed by atoms with Crippen molar-refractivity contribution in [1.29, 1.82) is 0 Å². The van der Waals surface area contributed by atoms with E-state index in [0.717, 1.165) is 24.8 Å². The number of rotatable bonds is 4. The number of nitrogens with one attached hydrogen (secondary N) is 1. The second-order valence-corrected chi connectivity index (χ2v) is 5.66. The molecule has 0 saturated carbocycles. The molecular formula is C17H21N3O3. The summed E-state index contributed by atoms with van der Waals surface area (Å²) in [7, 11) is 5.07. The first-order chi connectivity index (χ1) is 11.1. The van der Waals surface area contributed by atoms with Crippen molar-refractivity contribution in [1.82, 2.24) is 15.1 Å². The molecule has 1 aromatic heterocycles. The van der Waals surface area contributed by atoms with Gasteiger partial charge in [-0.1, -0.05) is 0 Å². The van der Waals surface area contributed by atoms with E-state index in [1.165, 1.54) is 5.69 Å². The Kier molecular flexibility index (Phi) is 4.23. The highest BCUT2D eigenvalue weighted by Crippen LogP contribution is 2.31. The molecule has 1 aliphatic carbocycles. The van der Waals surface area contributed by atoms with Crippen molar-refractivity contribution in [3.8, 4) is 11.5 Å². The van der Waals surface area contributed by atoms with Crippen molar-refractivity contribution >= 4 is 5.91 Å². The highest BCUT2D eigenvalue weighted by molar-refractivity contribution is 5.95. The molecule has 0 bridgehead atoms. The molecule has 6 heteroatoms. The van der Waals surface area contributed by atoms with Gasteiger partial charge in [-0.2, -0.15) is 5.10 Å². The number of hydrogen-bond donors (Lipinski definition) is 1. The van der Waals surface area contributed by atoms with E-state index in [-0.39, 0.29) is 11.9 Å². The Morgan fingerprint density at radius 1 is 1.30 bits per heavy atom. The lowest BCUT2D eigenvalue weighted by Gasteiger charge is -2.24. The average molecular weight is 315 g/mol. The van der Waals surface area contributed by atoms with Gasteiger partial charge in [0.1, 0.15) is 0 Å². The maximum absolute atomic E-state index is 12.6. The Morgan fingerprint density at radius 3 is 2.83 bits per heavy atom. The molecule has 3 rings (SSSR count). The van der Waals surface area contributed by atoms with Crippen LogP contribution in [0.4, 0.5) is 0 Å². The van der Waals surface area contributed by atoms with E-state index in [1.54, 1.807) is 32.4 Å². The SMILES string of the molecule is COc1ccc(C(=O)NC2CCCc3c2cnn3C)cc1OC. The van der Waals surface area contributed by atoms with Gasteiger partial charge in [0.25, 0.3) is 5.91 Å². The third kappa shape index (κ3) is 2.88. The quantitative estimate of drug-likeness (QED) is 0.940. The standard InChI is InChI=1S/C17H21N3O3/c1-20-14-6-4-5-13(12(14)10-18-20)19-17(21)11-7-8-15(22-2)16(9-11)23-3/h7-10,13H,4-6H2,1-3H3,(H,19,21). The lowest BCUT2D eigenvalue weighted by Crippen LogP contribution is -2.31. The summed E-state index contributed by atoms with van der Waals surface area (Å²) < 4.78 is 12.4. The first-order valence-corrected chi connectivity index (χ1v) is 7.67. The smallest absolute Gasteiger partial charge is 0.251 e. The number of carbonyl (C=O) groups is 1. The van der Waals surface area contributed by atoms with Crippen LogP contribution in [-0.4, -0.2) is 29.9 Å². The minimum atomic E-state index is -0.118. The summed E-state index contributed by atoms with van der Waals surface area (Å²) in [6.07, 6.45) is 4.84. The predicted molar refractivity (Wildman–Crippen MR) is 85.9 cm³/mol. The van der Waals surface area contributed by atoms with E-state index in [1.807, 2.05) is 17.9 Å². The first kappa shape index (κ1) is 15.4. The number of methoxy groups -OCH3 is 2. The van der Waals surface area contributed by atoms with Gasteiger partial charge in [-0.3, -0.25) is 9.48 Å². The number of amides is 1. The van der Waals surface area contributed by atoms with Crippen LogP contribution in [0.2, 0.25) is 0 Å². The first-order valence-electron chi connectivity index (χ1n) is 7.67. The van der Waals surface area contributed by atoms with Crippen LogP contribution in [0.5, 0.6) is 11.5 Å². The molecule has 0 radical (unpaired) electrons. The molecule has 23 heavy (non-hydrogen) atoms. The Labute approximate surface area is 135 Å². The fourth-order valence-electron chi connectivity index (χ4n) is 3.08. The van der Waals surface area contributed by atoms with Gasteiger partial charge in [-0.15, -0.1) is 0 Å². The number of ether oxygens (including phenoxy) is 2. The largest absolute Gasteiger partial charge is 0.493 e. The molecule has 122 valence electrons. The number of carbonyl (C=O) groups excluding carboxylic acids is 1. The fourth-order valence-corrected chi connectivity index (χ4v) is 3.08. The molecule has 0 aliphatic heterocycles. The highest BCUT2D eigenvalue weighted by Gasteiger charge is 2.25. The van der Waals surface area contributed by atoms with E-state index in [2.05, 4.69) is 10.4 Å². The van der Waals surface area contributed by atoms with Crippen molar-refractivity contribution in [2.24, 2.45) is 7.05 Å². The predicted octanol–water partition coefficient (Wildman–Crippen LogP) is 2.24. The molecule has 0 spiro atoms. The topological polar surface area (TPSA) is 65.4 Å². The van der Waals surface area contributed by atoms with Gasteiger partial charge in [0.05, 0.1) is 26.5 Å². The zero-order valence-corrected chi connectivity index (χ0v) is 13.6. The molecule has 1 aliphatic rings. The summed E-state index contributed by atoms with van der Waals surface area (Å²) in [5, 5.41) is 7.41. The highest BCUT2D eigenvalue weighted by atomic mass is 16.5. The van der Waals surface area contributed by atoms with Gasteiger partial charge < -0.3 is 14.8 Å². The van der Waals surface area contributed by atoms with Crippen LogP contribution in [0.25, 0.3) is 0 Å². The molecule has 1 unspecified atom stereocenters. The third-order valence-corrected chi connectivity index (χ3v) is 4.33. The van der Waals surface area contributed by atoms with Crippen LogP contribution in [-0.2, 0) is 13.5 Å². The molecule has 0 fully saturated rings. The fraction of sp³-hybridized carbons (Fsp3) is 0.412. The average Bonchev–Trinajstić information content (AvgIpc) is 2.96. The molecule has 1 amide bonds. The van der Waals surface area contributed by atoms with Crippen molar-refractivity contribution in [2.75, 3.05) is 14.2 Å². The molecule has 6 nitrogen and oxygen atoms in total. The Bertz CT molecular complexity index is 724. The number of aryl methyl sites for hydroxylation is 1. The van der Waals surface area contributed by atoms with Crippen LogP contribution in [0.1, 0.15) is 40.5 Å². The Morgan fingerprint density at radius 2 is 2.09 bits per heavy atom. The summed E-state index contributed by atoms with van der Waals surface area (Å²) in [6.45, 7) is 0. The molecule has 1 heterocycles. The van der Waals surface area contributed by atoms with Crippen LogP contribution in [0.15, 0.2) is 24.4 Å². The molecule has 1 N–H and O–H groups in total. The normalized spacial score (nSPS) is 16.6. The van der Waals surface area contributed by atoms with Gasteiger partial charge in [0.15, 0.2) is 11.5 Å². The zero-order chi connectivity index (χ0) is 16.4. The minimum absolute atomic E-state index is 0.00745. The maximum atomic E-state index is 12.6. The lowest BCUT2D eigenvalue weighted by molar-refractivity contribution is 0.0932. The van der Waals surface area contributed by atoms with Gasteiger partial charge in [-0.05, 0) is 37.5 Å². The van der Waals surface area contributed by atoms with Crippen molar-refractivity contribution in [2.45, 2.75) is 25.3 Å². The third-order valence-electron chi connectivity index (χ3n) is 4.33. The van der Waals surface area contributed by atoms with E-state index >= 15 is 0 Å². The van der Waals surface area contributed by atoms with Gasteiger partial charge in [-0.25, -0.2) is 0 Å². The molecule has 0 saturated heterocycles. The summed E-state index contributed by atoms with van der Waals surface area (Å²) >= 11 is 0. The van der Waals surface area contributed by atoms with Crippen LogP contribution in [0.3, 0.4) is 0 Å². The molecular weight excluding hydrogens is 294 g/mol. The maximum Gasteiger partial charge on any atom is 0.251 e. The van der Waals surface area contributed by atoms with E-state index in [0.29, 0.717) is 17.1 Å². The summed E-state index contributed by atoms with van der Waals surface area (Å²) in [4.78, 5) is 12.6. The molecule has 2 aromatic rings. The second-order valence-electron chi connectivity index (χ2n) is 5.66. The lowest BCUT2D eigenvalue weighted by atomic mass is 9.92. The Balaban J connectivity index is 1.80. The summed E-state index contributed by atoms with van der Waals surface area (Å²) in [6, 6.07) is 5.18. The monoisotopic (exact) mass is 315 g/mol. The van der Waals surface area contributed by atoms with Crippen molar-refractivity contribution < 1.29 is 14.3 Å². The summed E-state index contributed by atoms with van der Waals surface area (Å²) in [5.74, 6) is 1.04. The van der Waals surface area contributed by atoms with Crippen LogP contribution >= 0.6 is 0 Å². The minimum Gasteiger partial charge on any atom is -0.493 e. The number of nitrogens with zero attached hydrogens (tertiary/aromatic N) is 2. The van der Waals surface area contributed by atoms with E-state index in [9.17, 15) is 4.79 Å². The second kappa shape index (κ2) is 6.32. The number of benzene rings is 1. The number of aromatic nitrogens is 2. The van der Waals surface area contributed by atoms with Gasteiger partial charge in [0.2, 0.25) is 0 Å². The number of hydrogen-bond acceptors (Lipinski definition) is 4. The van der Waals surface area contributed by atoms with E-state index in [4.69, 9.17) is 9.47 Å². The van der Waals surface area contributed by atoms with Gasteiger partial charge >= 0.3 is 0 Å². The molecule has 1 atom stereocenters. The number of fused-ring (bicyclic) bond motifs is 1. The van der Waals surface area contributed by atoms with E-state index < -0.39 is 0 Å². The van der Waals surface area contributed by atoms with Gasteiger partial charge in [0, 0.05) is 23.9 Å². The molecule has 1 aromatic carbocycles. The van der Waals surface area contributed by atoms with Crippen molar-refractivity contribution in [3.05, 3.63) is 41.2 Å². The zero-order valence-electron chi connectivity index (χ0n) is 13.6. The van der Waals surface area contributed by atoms with Crippen molar-refractivity contribution in [3.63, 3.8) is 0 Å². The van der Waals surface area contributed by atoms with Crippen LogP contribution in [0, 0.1) is 0 Å².